The molecule has 2 heterocycles. The van der Waals surface area contributed by atoms with Crippen molar-refractivity contribution in [3.8, 4) is 0 Å². The van der Waals surface area contributed by atoms with Gasteiger partial charge in [-0.2, -0.15) is 0 Å². The van der Waals surface area contributed by atoms with Crippen LogP contribution in [0, 0.1) is 6.92 Å². The van der Waals surface area contributed by atoms with E-state index in [2.05, 4.69) is 35.5 Å². The van der Waals surface area contributed by atoms with Gasteiger partial charge in [-0.3, -0.25) is 4.79 Å². The van der Waals surface area contributed by atoms with Gasteiger partial charge in [-0.1, -0.05) is 32.0 Å². The SMILES string of the molecule is Cc1cccc(C(C)C)c1NC(=O)c1ccnc(NCC2CCCO2)c1. The van der Waals surface area contributed by atoms with Gasteiger partial charge in [-0.15, -0.1) is 0 Å². The van der Waals surface area contributed by atoms with Crippen LogP contribution in [0.3, 0.4) is 0 Å². The zero-order chi connectivity index (χ0) is 18.5. The zero-order valence-electron chi connectivity index (χ0n) is 15.7. The molecule has 5 heteroatoms. The molecule has 1 atom stereocenters. The second-order valence-electron chi connectivity index (χ2n) is 7.09. The number of aryl methyl sites for hydroxylation is 1. The Morgan fingerprint density at radius 1 is 1.35 bits per heavy atom. The van der Waals surface area contributed by atoms with Crippen LogP contribution in [0.1, 0.15) is 54.1 Å². The van der Waals surface area contributed by atoms with E-state index in [1.807, 2.05) is 19.1 Å². The summed E-state index contributed by atoms with van der Waals surface area (Å²) in [5, 5.41) is 6.35. The van der Waals surface area contributed by atoms with Crippen LogP contribution in [-0.2, 0) is 4.74 Å². The number of ether oxygens (including phenoxy) is 1. The second kappa shape index (κ2) is 8.32. The molecule has 2 N–H and O–H groups in total. The predicted octanol–water partition coefficient (Wildman–Crippen LogP) is 4.36. The number of benzene rings is 1. The fourth-order valence-electron chi connectivity index (χ4n) is 3.22. The van der Waals surface area contributed by atoms with Crippen LogP contribution < -0.4 is 10.6 Å². The number of carbonyl (C=O) groups excluding carboxylic acids is 1. The number of rotatable bonds is 6. The topological polar surface area (TPSA) is 63.2 Å². The molecule has 0 radical (unpaired) electrons. The van der Waals surface area contributed by atoms with Crippen LogP contribution in [0.15, 0.2) is 36.5 Å². The van der Waals surface area contributed by atoms with Crippen molar-refractivity contribution in [3.63, 3.8) is 0 Å². The summed E-state index contributed by atoms with van der Waals surface area (Å²) in [5.74, 6) is 0.914. The van der Waals surface area contributed by atoms with E-state index in [0.29, 0.717) is 23.8 Å². The summed E-state index contributed by atoms with van der Waals surface area (Å²) >= 11 is 0. The third kappa shape index (κ3) is 4.41. The number of aromatic nitrogens is 1. The maximum atomic E-state index is 12.8. The normalized spacial score (nSPS) is 16.7. The van der Waals surface area contributed by atoms with Crippen LogP contribution in [0.25, 0.3) is 0 Å². The molecule has 1 fully saturated rings. The largest absolute Gasteiger partial charge is 0.376 e. The Bertz CT molecular complexity index is 768. The summed E-state index contributed by atoms with van der Waals surface area (Å²) in [5.41, 5.74) is 3.70. The van der Waals surface area contributed by atoms with E-state index in [4.69, 9.17) is 4.74 Å². The van der Waals surface area contributed by atoms with Crippen molar-refractivity contribution in [3.05, 3.63) is 53.2 Å². The average Bonchev–Trinajstić information content (AvgIpc) is 3.15. The molecule has 1 aromatic carbocycles. The monoisotopic (exact) mass is 353 g/mol. The summed E-state index contributed by atoms with van der Waals surface area (Å²) in [4.78, 5) is 17.1. The molecular formula is C21H27N3O2. The molecule has 3 rings (SSSR count). The number of nitrogens with zero attached hydrogens (tertiary/aromatic N) is 1. The number of pyridine rings is 1. The van der Waals surface area contributed by atoms with Gasteiger partial charge in [-0.05, 0) is 48.9 Å². The highest BCUT2D eigenvalue weighted by Crippen LogP contribution is 2.28. The molecular weight excluding hydrogens is 326 g/mol. The minimum atomic E-state index is -0.122. The van der Waals surface area contributed by atoms with Crippen molar-refractivity contribution >= 4 is 17.4 Å². The van der Waals surface area contributed by atoms with Crippen LogP contribution in [0.4, 0.5) is 11.5 Å². The van der Waals surface area contributed by atoms with Crippen LogP contribution >= 0.6 is 0 Å². The highest BCUT2D eigenvalue weighted by molar-refractivity contribution is 6.05. The summed E-state index contributed by atoms with van der Waals surface area (Å²) in [7, 11) is 0. The molecule has 1 aromatic heterocycles. The molecule has 1 amide bonds. The van der Waals surface area contributed by atoms with Crippen molar-refractivity contribution in [1.82, 2.24) is 4.98 Å². The van der Waals surface area contributed by atoms with E-state index in [0.717, 1.165) is 36.3 Å². The predicted molar refractivity (Wildman–Crippen MR) is 105 cm³/mol. The van der Waals surface area contributed by atoms with Crippen molar-refractivity contribution < 1.29 is 9.53 Å². The molecule has 2 aromatic rings. The van der Waals surface area contributed by atoms with Gasteiger partial charge in [0.15, 0.2) is 0 Å². The molecule has 0 aliphatic carbocycles. The maximum Gasteiger partial charge on any atom is 0.255 e. The number of amides is 1. The Labute approximate surface area is 155 Å². The second-order valence-corrected chi connectivity index (χ2v) is 7.09. The highest BCUT2D eigenvalue weighted by atomic mass is 16.5. The van der Waals surface area contributed by atoms with Crippen molar-refractivity contribution in [2.75, 3.05) is 23.8 Å². The van der Waals surface area contributed by atoms with E-state index in [1.54, 1.807) is 18.3 Å². The van der Waals surface area contributed by atoms with Gasteiger partial charge >= 0.3 is 0 Å². The minimum Gasteiger partial charge on any atom is -0.376 e. The molecule has 0 saturated carbocycles. The third-order valence-corrected chi connectivity index (χ3v) is 4.72. The number of hydrogen-bond donors (Lipinski definition) is 2. The van der Waals surface area contributed by atoms with Crippen LogP contribution in [0.2, 0.25) is 0 Å². The Balaban J connectivity index is 1.71. The van der Waals surface area contributed by atoms with E-state index in [-0.39, 0.29) is 12.0 Å². The number of carbonyl (C=O) groups is 1. The number of anilines is 2. The summed E-state index contributed by atoms with van der Waals surface area (Å²) in [6, 6.07) is 9.63. The van der Waals surface area contributed by atoms with Gasteiger partial charge in [0.1, 0.15) is 5.82 Å². The lowest BCUT2D eigenvalue weighted by molar-refractivity contribution is 0.102. The van der Waals surface area contributed by atoms with Crippen molar-refractivity contribution in [2.45, 2.75) is 45.6 Å². The number of para-hydroxylation sites is 1. The van der Waals surface area contributed by atoms with Crippen LogP contribution in [0.5, 0.6) is 0 Å². The molecule has 5 nitrogen and oxygen atoms in total. The number of nitrogens with one attached hydrogen (secondary N) is 2. The van der Waals surface area contributed by atoms with Crippen molar-refractivity contribution in [2.24, 2.45) is 0 Å². The lowest BCUT2D eigenvalue weighted by Crippen LogP contribution is -2.19. The number of hydrogen-bond acceptors (Lipinski definition) is 4. The van der Waals surface area contributed by atoms with Gasteiger partial charge < -0.3 is 15.4 Å². The summed E-state index contributed by atoms with van der Waals surface area (Å²) in [6.07, 6.45) is 4.07. The van der Waals surface area contributed by atoms with Crippen LogP contribution in [-0.4, -0.2) is 30.1 Å². The fourth-order valence-corrected chi connectivity index (χ4v) is 3.22. The minimum absolute atomic E-state index is 0.122. The van der Waals surface area contributed by atoms with Gasteiger partial charge in [0.05, 0.1) is 6.10 Å². The molecule has 1 aliphatic heterocycles. The van der Waals surface area contributed by atoms with E-state index >= 15 is 0 Å². The first kappa shape index (κ1) is 18.4. The van der Waals surface area contributed by atoms with Gasteiger partial charge in [0.2, 0.25) is 0 Å². The Hall–Kier alpha value is -2.40. The molecule has 0 spiro atoms. The van der Waals surface area contributed by atoms with Gasteiger partial charge in [0.25, 0.3) is 5.91 Å². The Morgan fingerprint density at radius 3 is 2.92 bits per heavy atom. The maximum absolute atomic E-state index is 12.8. The van der Waals surface area contributed by atoms with E-state index < -0.39 is 0 Å². The smallest absolute Gasteiger partial charge is 0.255 e. The molecule has 138 valence electrons. The third-order valence-electron chi connectivity index (χ3n) is 4.72. The lowest BCUT2D eigenvalue weighted by atomic mass is 9.98. The van der Waals surface area contributed by atoms with E-state index in [1.165, 1.54) is 0 Å². The summed E-state index contributed by atoms with van der Waals surface area (Å²) < 4.78 is 5.61. The van der Waals surface area contributed by atoms with Gasteiger partial charge in [-0.25, -0.2) is 4.98 Å². The first-order valence-electron chi connectivity index (χ1n) is 9.27. The first-order valence-corrected chi connectivity index (χ1v) is 9.27. The lowest BCUT2D eigenvalue weighted by Gasteiger charge is -2.17. The summed E-state index contributed by atoms with van der Waals surface area (Å²) in [6.45, 7) is 7.82. The fraction of sp³-hybridized carbons (Fsp3) is 0.429. The first-order chi connectivity index (χ1) is 12.5. The van der Waals surface area contributed by atoms with Gasteiger partial charge in [0, 0.05) is 30.6 Å². The zero-order valence-corrected chi connectivity index (χ0v) is 15.7. The molecule has 1 aliphatic rings. The molecule has 0 bridgehead atoms. The van der Waals surface area contributed by atoms with Crippen molar-refractivity contribution in [1.29, 1.82) is 0 Å². The average molecular weight is 353 g/mol. The Kier molecular flexibility index (Phi) is 5.89. The molecule has 1 saturated heterocycles. The van der Waals surface area contributed by atoms with E-state index in [9.17, 15) is 4.79 Å². The molecule has 1 unspecified atom stereocenters. The quantitative estimate of drug-likeness (QED) is 0.810. The molecule has 26 heavy (non-hydrogen) atoms. The standard InChI is InChI=1S/C21H27N3O2/c1-14(2)18-8-4-6-15(3)20(18)24-21(25)16-9-10-22-19(12-16)23-13-17-7-5-11-26-17/h4,6,8-10,12,14,17H,5,7,11,13H2,1-3H3,(H,22,23)(H,24,25). The Morgan fingerprint density at radius 2 is 2.19 bits per heavy atom. The highest BCUT2D eigenvalue weighted by Gasteiger charge is 2.16.